The Bertz CT molecular complexity index is 2180. The second-order valence-electron chi connectivity index (χ2n) is 12.6. The Balaban J connectivity index is 1.14. The lowest BCUT2D eigenvalue weighted by Gasteiger charge is -2.23. The van der Waals surface area contributed by atoms with Gasteiger partial charge in [0.05, 0.1) is 41.0 Å². The van der Waals surface area contributed by atoms with Crippen molar-refractivity contribution >= 4 is 44.8 Å². The summed E-state index contributed by atoms with van der Waals surface area (Å²) in [6.45, 7) is 0.0449. The van der Waals surface area contributed by atoms with E-state index in [4.69, 9.17) is 16.4 Å². The molecule has 1 heterocycles. The molecule has 0 spiro atoms. The van der Waals surface area contributed by atoms with E-state index in [2.05, 4.69) is 16.6 Å². The van der Waals surface area contributed by atoms with E-state index in [1.54, 1.807) is 54.6 Å². The quantitative estimate of drug-likeness (QED) is 0.0649. The first-order chi connectivity index (χ1) is 26.1. The predicted octanol–water partition coefficient (Wildman–Crippen LogP) is 7.30. The van der Waals surface area contributed by atoms with Gasteiger partial charge < -0.3 is 20.3 Å². The van der Waals surface area contributed by atoms with Gasteiger partial charge in [0, 0.05) is 24.9 Å². The number of halogens is 1. The summed E-state index contributed by atoms with van der Waals surface area (Å²) in [6, 6.07) is 27.1. The van der Waals surface area contributed by atoms with Crippen LogP contribution in [0.25, 0.3) is 0 Å². The fourth-order valence-electron chi connectivity index (χ4n) is 5.92. The molecule has 0 saturated carbocycles. The van der Waals surface area contributed by atoms with Crippen molar-refractivity contribution in [1.82, 2.24) is 9.62 Å². The number of carbonyl (C=O) groups excluding carboxylic acids is 3. The van der Waals surface area contributed by atoms with E-state index < -0.39 is 28.3 Å². The number of terminal acetylenes is 1. The third-order valence-electron chi connectivity index (χ3n) is 8.66. The number of sulfonamides is 1. The van der Waals surface area contributed by atoms with Crippen LogP contribution in [0.5, 0.6) is 11.5 Å². The van der Waals surface area contributed by atoms with Gasteiger partial charge in [0.25, 0.3) is 11.8 Å². The number of anilines is 3. The molecule has 0 saturated heterocycles. The Morgan fingerprint density at radius 2 is 1.67 bits per heavy atom. The molecule has 54 heavy (non-hydrogen) atoms. The minimum absolute atomic E-state index is 0.0409. The number of rotatable bonds is 17. The van der Waals surface area contributed by atoms with Crippen molar-refractivity contribution in [3.63, 3.8) is 0 Å². The number of nitrogens with one attached hydrogen (secondary N) is 2. The maximum Gasteiger partial charge on any atom is 0.260 e. The molecule has 1 aliphatic heterocycles. The van der Waals surface area contributed by atoms with Gasteiger partial charge in [-0.05, 0) is 79.4 Å². The molecule has 4 aromatic rings. The fraction of sp³-hybridized carbons (Fsp3) is 0.268. The Labute approximate surface area is 314 Å². The highest BCUT2D eigenvalue weighted by Gasteiger charge is 2.29. The summed E-state index contributed by atoms with van der Waals surface area (Å²) in [5.74, 6) is 1.13. The van der Waals surface area contributed by atoms with E-state index in [1.807, 2.05) is 30.3 Å². The Hall–Kier alpha value is -6.18. The molecule has 0 atom stereocenters. The topological polar surface area (TPSA) is 149 Å². The Kier molecular flexibility index (Phi) is 13.4. The molecule has 278 valence electrons. The number of hydrogen-bond acceptors (Lipinski definition) is 8. The van der Waals surface area contributed by atoms with E-state index in [0.29, 0.717) is 89.1 Å². The molecule has 4 aromatic carbocycles. The summed E-state index contributed by atoms with van der Waals surface area (Å²) in [7, 11) is -3.93. The summed E-state index contributed by atoms with van der Waals surface area (Å²) in [5, 5.41) is 15.1. The molecule has 0 unspecified atom stereocenters. The van der Waals surface area contributed by atoms with Crippen LogP contribution in [0.15, 0.2) is 91.0 Å². The normalized spacial score (nSPS) is 11.9. The van der Waals surface area contributed by atoms with Gasteiger partial charge in [-0.15, -0.1) is 12.3 Å². The maximum absolute atomic E-state index is 14.4. The smallest absolute Gasteiger partial charge is 0.260 e. The lowest BCUT2D eigenvalue weighted by molar-refractivity contribution is -0.126. The van der Waals surface area contributed by atoms with Crippen LogP contribution in [0, 0.1) is 29.5 Å². The van der Waals surface area contributed by atoms with Crippen LogP contribution < -0.4 is 20.3 Å². The van der Waals surface area contributed by atoms with Crippen LogP contribution in [-0.2, 0) is 21.4 Å². The van der Waals surface area contributed by atoms with Crippen molar-refractivity contribution in [2.45, 2.75) is 51.5 Å². The first kappa shape index (κ1) is 39.0. The number of amides is 3. The van der Waals surface area contributed by atoms with Gasteiger partial charge in [-0.1, -0.05) is 49.2 Å². The average molecular weight is 750 g/mol. The number of benzene rings is 4. The minimum Gasteiger partial charge on any atom is -0.457 e. The summed E-state index contributed by atoms with van der Waals surface area (Å²) in [4.78, 5) is 40.8. The van der Waals surface area contributed by atoms with E-state index in [-0.39, 0.29) is 30.5 Å². The van der Waals surface area contributed by atoms with Crippen LogP contribution in [0.4, 0.5) is 21.5 Å². The zero-order valence-electron chi connectivity index (χ0n) is 29.6. The number of unbranched alkanes of at least 4 members (excludes halogenated alkanes) is 4. The Morgan fingerprint density at radius 3 is 2.44 bits per heavy atom. The first-order valence-electron chi connectivity index (χ1n) is 17.6. The number of carbonyl (C=O) groups is 3. The van der Waals surface area contributed by atoms with Crippen molar-refractivity contribution in [3.05, 3.63) is 114 Å². The van der Waals surface area contributed by atoms with E-state index in [9.17, 15) is 27.2 Å². The third kappa shape index (κ3) is 10.2. The molecule has 5 rings (SSSR count). The molecule has 0 radical (unpaired) electrons. The van der Waals surface area contributed by atoms with Gasteiger partial charge in [0.2, 0.25) is 15.9 Å². The standard InChI is InChI=1S/C41H40FN5O6S/c1-2-3-7-17-39(48)47(24-22-43)54(51,52)25-11-5-4-10-23-44-40(49)31-15-12-16-33(26-31)53-34-19-21-36-35(28-34)41(50)46(29-30-13-8-6-9-14-30)38-27-32(42)18-20-37(38)45-36/h1,6,8-9,12-16,18-21,26-28,45H,3-5,7,10-11,17,23-25,29H2,(H,44,49). The molecule has 0 aromatic heterocycles. The number of nitrogens with zero attached hydrogens (tertiary/aromatic N) is 3. The van der Waals surface area contributed by atoms with Gasteiger partial charge in [0.15, 0.2) is 0 Å². The van der Waals surface area contributed by atoms with Gasteiger partial charge in [-0.2, -0.15) is 5.26 Å². The lowest BCUT2D eigenvalue weighted by atomic mass is 10.1. The molecule has 13 heteroatoms. The number of nitriles is 1. The molecule has 11 nitrogen and oxygen atoms in total. The molecule has 2 N–H and O–H groups in total. The predicted molar refractivity (Wildman–Crippen MR) is 204 cm³/mol. The highest BCUT2D eigenvalue weighted by Crippen LogP contribution is 2.39. The van der Waals surface area contributed by atoms with Crippen LogP contribution in [0.2, 0.25) is 0 Å². The number of ether oxygens (including phenoxy) is 1. The van der Waals surface area contributed by atoms with Gasteiger partial charge >= 0.3 is 0 Å². The second kappa shape index (κ2) is 18.5. The minimum atomic E-state index is -3.93. The molecule has 3 amide bonds. The number of hydrogen-bond donors (Lipinski definition) is 2. The van der Waals surface area contributed by atoms with E-state index in [0.717, 1.165) is 5.56 Å². The molecule has 0 aliphatic carbocycles. The van der Waals surface area contributed by atoms with Crippen LogP contribution in [0.1, 0.15) is 71.2 Å². The van der Waals surface area contributed by atoms with Crippen molar-refractivity contribution < 1.29 is 31.9 Å². The molecular formula is C41H40FN5O6S. The van der Waals surface area contributed by atoms with Crippen LogP contribution >= 0.6 is 0 Å². The lowest BCUT2D eigenvalue weighted by Crippen LogP contribution is -2.38. The van der Waals surface area contributed by atoms with Crippen molar-refractivity contribution in [3.8, 4) is 29.9 Å². The van der Waals surface area contributed by atoms with Gasteiger partial charge in [0.1, 0.15) is 23.9 Å². The highest BCUT2D eigenvalue weighted by molar-refractivity contribution is 7.89. The van der Waals surface area contributed by atoms with Crippen molar-refractivity contribution in [1.29, 1.82) is 5.26 Å². The maximum atomic E-state index is 14.4. The molecule has 0 fully saturated rings. The number of fused-ring (bicyclic) bond motifs is 2. The fourth-order valence-corrected chi connectivity index (χ4v) is 7.36. The Morgan fingerprint density at radius 1 is 0.907 bits per heavy atom. The summed E-state index contributed by atoms with van der Waals surface area (Å²) in [6.07, 6.45) is 7.94. The zero-order valence-corrected chi connectivity index (χ0v) is 30.4. The zero-order chi connectivity index (χ0) is 38.5. The second-order valence-corrected chi connectivity index (χ2v) is 14.6. The molecule has 1 aliphatic rings. The van der Waals surface area contributed by atoms with Crippen LogP contribution in [0.3, 0.4) is 0 Å². The highest BCUT2D eigenvalue weighted by atomic mass is 32.2. The summed E-state index contributed by atoms with van der Waals surface area (Å²) in [5.41, 5.74) is 3.10. The summed E-state index contributed by atoms with van der Waals surface area (Å²) >= 11 is 0. The van der Waals surface area contributed by atoms with Gasteiger partial charge in [-0.3, -0.25) is 14.4 Å². The third-order valence-corrected chi connectivity index (χ3v) is 10.5. The largest absolute Gasteiger partial charge is 0.457 e. The summed E-state index contributed by atoms with van der Waals surface area (Å²) < 4.78 is 46.6. The van der Waals surface area contributed by atoms with E-state index >= 15 is 0 Å². The molecular weight excluding hydrogens is 710 g/mol. The van der Waals surface area contributed by atoms with Crippen molar-refractivity contribution in [2.24, 2.45) is 0 Å². The average Bonchev–Trinajstić information content (AvgIpc) is 3.27. The first-order valence-corrected chi connectivity index (χ1v) is 19.2. The van der Waals surface area contributed by atoms with Crippen LogP contribution in [-0.4, -0.2) is 49.3 Å². The van der Waals surface area contributed by atoms with Gasteiger partial charge in [-0.25, -0.2) is 17.1 Å². The SMILES string of the molecule is C#CCCCC(=O)N(CC#N)S(=O)(=O)CCCCCCNC(=O)c1cccc(Oc2ccc3c(c2)C(=O)N(Cc2ccccc2)c2cc(F)ccc2N3)c1. The monoisotopic (exact) mass is 749 g/mol. The van der Waals surface area contributed by atoms with E-state index in [1.165, 1.54) is 17.0 Å². The van der Waals surface area contributed by atoms with Crippen molar-refractivity contribution in [2.75, 3.05) is 29.1 Å². The molecule has 0 bridgehead atoms.